The maximum atomic E-state index is 12.7. The minimum absolute atomic E-state index is 0.137. The number of benzene rings is 1. The lowest BCUT2D eigenvalue weighted by atomic mass is 10.1. The topological polar surface area (TPSA) is 75.5 Å². The summed E-state index contributed by atoms with van der Waals surface area (Å²) in [6, 6.07) is 7.62. The molecule has 0 amide bonds. The molecule has 8 heteroatoms. The highest BCUT2D eigenvalue weighted by Gasteiger charge is 2.19. The summed E-state index contributed by atoms with van der Waals surface area (Å²) in [5.41, 5.74) is 2.90. The number of anilines is 3. The van der Waals surface area contributed by atoms with Gasteiger partial charge < -0.3 is 19.9 Å². The molecule has 2 aliphatic heterocycles. The third kappa shape index (κ3) is 4.37. The van der Waals surface area contributed by atoms with E-state index < -0.39 is 0 Å². The molecule has 2 aliphatic rings. The minimum atomic E-state index is -0.137. The zero-order chi connectivity index (χ0) is 22.8. The molecular weight excluding hydrogens is 416 g/mol. The van der Waals surface area contributed by atoms with Crippen molar-refractivity contribution in [1.29, 1.82) is 0 Å². The average Bonchev–Trinajstić information content (AvgIpc) is 2.82. The first-order valence-electron chi connectivity index (χ1n) is 11.5. The van der Waals surface area contributed by atoms with E-state index in [4.69, 9.17) is 11.2 Å². The van der Waals surface area contributed by atoms with Crippen molar-refractivity contribution in [1.82, 2.24) is 19.4 Å². The predicted octanol–water partition coefficient (Wildman–Crippen LogP) is 2.83. The predicted molar refractivity (Wildman–Crippen MR) is 131 cm³/mol. The molecule has 0 saturated carbocycles. The van der Waals surface area contributed by atoms with E-state index in [0.717, 1.165) is 62.6 Å². The molecule has 2 aromatic heterocycles. The first-order valence-corrected chi connectivity index (χ1v) is 11.5. The van der Waals surface area contributed by atoms with E-state index in [1.54, 1.807) is 10.8 Å². The number of ether oxygens (including phenoxy) is 1. The Bertz CT molecular complexity index is 1270. The number of hydrogen-bond acceptors (Lipinski definition) is 7. The van der Waals surface area contributed by atoms with Crippen molar-refractivity contribution in [2.75, 3.05) is 50.1 Å². The van der Waals surface area contributed by atoms with Gasteiger partial charge in [0.05, 0.1) is 17.7 Å². The van der Waals surface area contributed by atoms with Crippen LogP contribution in [0.5, 0.6) is 5.75 Å². The molecule has 3 aromatic rings. The Morgan fingerprint density at radius 1 is 1.09 bits per heavy atom. The summed E-state index contributed by atoms with van der Waals surface area (Å²) < 4.78 is 7.93. The number of nitrogens with zero attached hydrogens (tertiary/aromatic N) is 5. The van der Waals surface area contributed by atoms with Crippen LogP contribution in [0.2, 0.25) is 0 Å². The number of fused-ring (bicyclic) bond motifs is 3. The fraction of sp³-hybridized carbons (Fsp3) is 0.400. The molecule has 1 aromatic carbocycles. The number of nitrogens with one attached hydrogen (secondary N) is 1. The number of hydrogen-bond donors (Lipinski definition) is 1. The molecule has 5 rings (SSSR count). The van der Waals surface area contributed by atoms with Gasteiger partial charge in [0, 0.05) is 62.3 Å². The molecule has 1 fully saturated rings. The van der Waals surface area contributed by atoms with E-state index in [2.05, 4.69) is 44.1 Å². The van der Waals surface area contributed by atoms with Crippen LogP contribution in [0.25, 0.3) is 11.0 Å². The third-order valence-corrected chi connectivity index (χ3v) is 6.35. The summed E-state index contributed by atoms with van der Waals surface area (Å²) >= 11 is 0. The van der Waals surface area contributed by atoms with E-state index in [1.165, 1.54) is 6.07 Å². The molecular formula is C25H28N6O2. The Labute approximate surface area is 193 Å². The quantitative estimate of drug-likeness (QED) is 0.579. The number of pyridine rings is 1. The van der Waals surface area contributed by atoms with Gasteiger partial charge in [-0.1, -0.05) is 5.92 Å². The van der Waals surface area contributed by atoms with Crippen LogP contribution >= 0.6 is 0 Å². The summed E-state index contributed by atoms with van der Waals surface area (Å²) in [6.45, 7) is 5.23. The van der Waals surface area contributed by atoms with E-state index in [1.807, 2.05) is 12.1 Å². The van der Waals surface area contributed by atoms with Crippen LogP contribution in [-0.4, -0.2) is 59.3 Å². The van der Waals surface area contributed by atoms with Gasteiger partial charge in [-0.15, -0.1) is 6.42 Å². The SMILES string of the molecule is C#Cc1cc(=O)n2c3nc(ncc13)Nc1ccc(N3CCN(C)CC3)c(c1)OCCCCC2. The second-order valence-corrected chi connectivity index (χ2v) is 8.63. The molecule has 33 heavy (non-hydrogen) atoms. The summed E-state index contributed by atoms with van der Waals surface area (Å²) in [6.07, 6.45) is 10.0. The second-order valence-electron chi connectivity index (χ2n) is 8.63. The highest BCUT2D eigenvalue weighted by Crippen LogP contribution is 2.33. The van der Waals surface area contributed by atoms with E-state index in [0.29, 0.717) is 35.7 Å². The molecule has 4 bridgehead atoms. The number of likely N-dealkylation sites (N-methyl/N-ethyl adjacent to an activating group) is 1. The van der Waals surface area contributed by atoms with Crippen LogP contribution in [-0.2, 0) is 6.54 Å². The molecule has 1 N–H and O–H groups in total. The largest absolute Gasteiger partial charge is 0.491 e. The van der Waals surface area contributed by atoms with Gasteiger partial charge in [0.1, 0.15) is 11.4 Å². The fourth-order valence-corrected chi connectivity index (χ4v) is 4.42. The Balaban J connectivity index is 1.54. The summed E-state index contributed by atoms with van der Waals surface area (Å²) in [7, 11) is 2.15. The number of terminal acetylenes is 1. The van der Waals surface area contributed by atoms with E-state index in [-0.39, 0.29) is 5.56 Å². The Morgan fingerprint density at radius 3 is 2.76 bits per heavy atom. The van der Waals surface area contributed by atoms with Gasteiger partial charge in [-0.2, -0.15) is 4.98 Å². The van der Waals surface area contributed by atoms with Crippen LogP contribution in [0, 0.1) is 12.3 Å². The number of rotatable bonds is 1. The molecule has 0 atom stereocenters. The standard InChI is InChI=1S/C25H28N6O2/c1-3-18-15-23(32)31-9-5-4-6-14-33-22-16-19(27-25-26-17-20(18)24(31)28-25)7-8-21(22)30-12-10-29(2)11-13-30/h1,7-8,15-17H,4-6,9-14H2,2H3,(H,26,27,28). The number of aryl methyl sites for hydroxylation is 1. The molecule has 1 saturated heterocycles. The van der Waals surface area contributed by atoms with Gasteiger partial charge in [0.25, 0.3) is 5.56 Å². The Kier molecular flexibility index (Phi) is 5.88. The maximum absolute atomic E-state index is 12.7. The Hall–Kier alpha value is -3.57. The zero-order valence-electron chi connectivity index (χ0n) is 18.9. The summed E-state index contributed by atoms with van der Waals surface area (Å²) in [5.74, 6) is 3.88. The molecule has 4 heterocycles. The normalized spacial score (nSPS) is 17.2. The van der Waals surface area contributed by atoms with Crippen molar-refractivity contribution in [2.45, 2.75) is 25.8 Å². The van der Waals surface area contributed by atoms with Gasteiger partial charge in [-0.3, -0.25) is 9.36 Å². The van der Waals surface area contributed by atoms with Crippen LogP contribution in [0.3, 0.4) is 0 Å². The molecule has 0 aliphatic carbocycles. The highest BCUT2D eigenvalue weighted by molar-refractivity contribution is 5.82. The van der Waals surface area contributed by atoms with Crippen molar-refractivity contribution in [3.8, 4) is 18.1 Å². The van der Waals surface area contributed by atoms with Gasteiger partial charge in [0.15, 0.2) is 0 Å². The molecule has 0 spiro atoms. The van der Waals surface area contributed by atoms with Gasteiger partial charge in [-0.05, 0) is 38.4 Å². The van der Waals surface area contributed by atoms with Crippen molar-refractivity contribution in [3.63, 3.8) is 0 Å². The lowest BCUT2D eigenvalue weighted by Gasteiger charge is -2.35. The van der Waals surface area contributed by atoms with Crippen molar-refractivity contribution >= 4 is 28.4 Å². The first kappa shape index (κ1) is 21.3. The van der Waals surface area contributed by atoms with Crippen molar-refractivity contribution < 1.29 is 4.74 Å². The lowest BCUT2D eigenvalue weighted by molar-refractivity contribution is 0.295. The van der Waals surface area contributed by atoms with Crippen LogP contribution < -0.4 is 20.5 Å². The average molecular weight is 445 g/mol. The van der Waals surface area contributed by atoms with Crippen LogP contribution in [0.1, 0.15) is 24.8 Å². The number of piperazine rings is 1. The van der Waals surface area contributed by atoms with Gasteiger partial charge in [0.2, 0.25) is 5.95 Å². The van der Waals surface area contributed by atoms with E-state index >= 15 is 0 Å². The molecule has 0 radical (unpaired) electrons. The first-order chi connectivity index (χ1) is 16.1. The van der Waals surface area contributed by atoms with Crippen LogP contribution in [0.4, 0.5) is 17.3 Å². The minimum Gasteiger partial charge on any atom is -0.491 e. The van der Waals surface area contributed by atoms with Gasteiger partial charge in [-0.25, -0.2) is 4.98 Å². The second kappa shape index (κ2) is 9.12. The molecule has 8 nitrogen and oxygen atoms in total. The highest BCUT2D eigenvalue weighted by atomic mass is 16.5. The molecule has 0 unspecified atom stereocenters. The number of aromatic nitrogens is 3. The summed E-state index contributed by atoms with van der Waals surface area (Å²) in [5, 5.41) is 3.99. The fourth-order valence-electron chi connectivity index (χ4n) is 4.42. The van der Waals surface area contributed by atoms with Crippen molar-refractivity contribution in [3.05, 3.63) is 46.4 Å². The zero-order valence-corrected chi connectivity index (χ0v) is 18.9. The summed E-state index contributed by atoms with van der Waals surface area (Å²) in [4.78, 5) is 26.6. The third-order valence-electron chi connectivity index (χ3n) is 6.35. The lowest BCUT2D eigenvalue weighted by Crippen LogP contribution is -2.44. The van der Waals surface area contributed by atoms with Crippen molar-refractivity contribution in [2.24, 2.45) is 0 Å². The van der Waals surface area contributed by atoms with Gasteiger partial charge >= 0.3 is 0 Å². The molecule has 170 valence electrons. The maximum Gasteiger partial charge on any atom is 0.253 e. The van der Waals surface area contributed by atoms with E-state index in [9.17, 15) is 4.79 Å². The monoisotopic (exact) mass is 444 g/mol. The van der Waals surface area contributed by atoms with Crippen LogP contribution in [0.15, 0.2) is 35.3 Å². The Morgan fingerprint density at radius 2 is 1.94 bits per heavy atom. The smallest absolute Gasteiger partial charge is 0.253 e.